The maximum absolute atomic E-state index is 10.7. The first-order valence-corrected chi connectivity index (χ1v) is 5.97. The second kappa shape index (κ2) is 7.38. The molecule has 0 amide bonds. The number of carbonyl (C=O) groups excluding carboxylic acids is 1. The molecular weight excluding hydrogens is 250 g/mol. The van der Waals surface area contributed by atoms with Crippen LogP contribution in [0.5, 0.6) is 0 Å². The molecule has 0 aromatic rings. The smallest absolute Gasteiger partial charge is 0.397 e. The summed E-state index contributed by atoms with van der Waals surface area (Å²) in [6.45, 7) is 5.16. The van der Waals surface area contributed by atoms with E-state index < -0.39 is 10.4 Å². The summed E-state index contributed by atoms with van der Waals surface area (Å²) in [6.07, 6.45) is 1.03. The molecule has 1 N–H and O–H groups in total. The summed E-state index contributed by atoms with van der Waals surface area (Å²) in [6, 6.07) is 0. The third-order valence-electron chi connectivity index (χ3n) is 1.75. The number of carbonyl (C=O) groups is 1. The highest BCUT2D eigenvalue weighted by molar-refractivity contribution is 7.80. The highest BCUT2D eigenvalue weighted by Gasteiger charge is 2.20. The largest absolute Gasteiger partial charge is 0.410 e. The first kappa shape index (κ1) is 18.4. The Balaban J connectivity index is 0. The Morgan fingerprint density at radius 1 is 1.41 bits per heavy atom. The number of hydrogen-bond donors (Lipinski definition) is 1. The van der Waals surface area contributed by atoms with Gasteiger partial charge in [0.25, 0.3) is 0 Å². The molecule has 0 aliphatic rings. The zero-order valence-corrected chi connectivity index (χ0v) is 11.5. The molecule has 0 aliphatic heterocycles. The topological polar surface area (TPSA) is 89.9 Å². The summed E-state index contributed by atoms with van der Waals surface area (Å²) >= 11 is 0. The zero-order valence-electron chi connectivity index (χ0n) is 10.7. The van der Waals surface area contributed by atoms with Crippen molar-refractivity contribution in [3.05, 3.63) is 12.7 Å². The van der Waals surface area contributed by atoms with Crippen molar-refractivity contribution < 1.29 is 31.2 Å². The number of esters is 1. The molecule has 102 valence electrons. The minimum atomic E-state index is -4.16. The van der Waals surface area contributed by atoms with E-state index in [1.165, 1.54) is 6.08 Å². The monoisotopic (exact) mass is 270 g/mol. The van der Waals surface area contributed by atoms with Gasteiger partial charge in [-0.15, -0.1) is 0 Å². The fourth-order valence-corrected chi connectivity index (χ4v) is 0.374. The molecule has 0 fully saturated rings. The fraction of sp³-hybridized carbons (Fsp3) is 0.667. The Morgan fingerprint density at radius 3 is 1.94 bits per heavy atom. The van der Waals surface area contributed by atoms with Gasteiger partial charge >= 0.3 is 16.4 Å². The standard InChI is InChI=1S/C8H16NO2.CH4O4S/c1-6-8(10)11-7(2)9(3,4)5;1-5-6(2,3)4/h6-7H,1H2,2-5H3;1H3,(H,2,3,4)/q+1;. The second-order valence-electron chi connectivity index (χ2n) is 3.95. The van der Waals surface area contributed by atoms with E-state index in [4.69, 9.17) is 9.29 Å². The lowest BCUT2D eigenvalue weighted by molar-refractivity contribution is -0.914. The maximum Gasteiger partial charge on any atom is 0.397 e. The molecule has 1 atom stereocenters. The van der Waals surface area contributed by atoms with Crippen LogP contribution in [0.2, 0.25) is 0 Å². The molecule has 7 nitrogen and oxygen atoms in total. The van der Waals surface area contributed by atoms with Gasteiger partial charge in [0.15, 0.2) is 0 Å². The van der Waals surface area contributed by atoms with Gasteiger partial charge in [0, 0.05) is 13.0 Å². The molecule has 0 saturated heterocycles. The van der Waals surface area contributed by atoms with Gasteiger partial charge in [-0.1, -0.05) is 6.58 Å². The molecule has 0 aliphatic carbocycles. The van der Waals surface area contributed by atoms with Crippen LogP contribution in [0.15, 0.2) is 12.7 Å². The van der Waals surface area contributed by atoms with Crippen LogP contribution < -0.4 is 0 Å². The van der Waals surface area contributed by atoms with Gasteiger partial charge in [-0.25, -0.2) is 4.79 Å². The Morgan fingerprint density at radius 2 is 1.76 bits per heavy atom. The van der Waals surface area contributed by atoms with E-state index in [0.29, 0.717) is 4.48 Å². The van der Waals surface area contributed by atoms with Gasteiger partial charge in [-0.2, -0.15) is 8.42 Å². The van der Waals surface area contributed by atoms with Crippen molar-refractivity contribution in [2.45, 2.75) is 13.2 Å². The summed E-state index contributed by atoms with van der Waals surface area (Å²) in [7, 11) is 2.59. The number of rotatable bonds is 4. The minimum Gasteiger partial charge on any atom is -0.410 e. The highest BCUT2D eigenvalue weighted by atomic mass is 32.3. The Labute approximate surface area is 102 Å². The molecule has 0 bridgehead atoms. The van der Waals surface area contributed by atoms with Crippen LogP contribution in [0.1, 0.15) is 6.92 Å². The van der Waals surface area contributed by atoms with Gasteiger partial charge in [-0.05, 0) is 0 Å². The average molecular weight is 270 g/mol. The molecule has 0 radical (unpaired) electrons. The van der Waals surface area contributed by atoms with E-state index in [1.54, 1.807) is 0 Å². The molecular formula is C9H20NO6S+. The van der Waals surface area contributed by atoms with E-state index in [2.05, 4.69) is 10.8 Å². The van der Waals surface area contributed by atoms with Gasteiger partial charge in [-0.3, -0.25) is 13.2 Å². The van der Waals surface area contributed by atoms with Gasteiger partial charge in [0.2, 0.25) is 6.23 Å². The van der Waals surface area contributed by atoms with E-state index in [-0.39, 0.29) is 12.2 Å². The third kappa shape index (κ3) is 13.0. The van der Waals surface area contributed by atoms with Crippen LogP contribution in [0, 0.1) is 0 Å². The van der Waals surface area contributed by atoms with Crippen molar-refractivity contribution >= 4 is 16.4 Å². The number of hydrogen-bond acceptors (Lipinski definition) is 5. The maximum atomic E-state index is 10.7. The second-order valence-corrected chi connectivity index (χ2v) is 5.14. The normalized spacial score (nSPS) is 13.1. The summed E-state index contributed by atoms with van der Waals surface area (Å²) in [4.78, 5) is 10.7. The fourth-order valence-electron chi connectivity index (χ4n) is 0.374. The Hall–Kier alpha value is -0.960. The summed E-state index contributed by atoms with van der Waals surface area (Å²) in [5, 5.41) is 0. The van der Waals surface area contributed by atoms with Crippen LogP contribution in [0.25, 0.3) is 0 Å². The lowest BCUT2D eigenvalue weighted by Crippen LogP contribution is -2.45. The van der Waals surface area contributed by atoms with Crippen LogP contribution in [-0.4, -0.2) is 57.9 Å². The highest BCUT2D eigenvalue weighted by Crippen LogP contribution is 2.03. The first-order chi connectivity index (χ1) is 7.44. The minimum absolute atomic E-state index is 0.138. The predicted octanol–water partition coefficient (Wildman–Crippen LogP) is 0.203. The molecule has 0 rings (SSSR count). The number of ether oxygens (including phenoxy) is 1. The van der Waals surface area contributed by atoms with Gasteiger partial charge < -0.3 is 4.74 Å². The first-order valence-electron chi connectivity index (χ1n) is 4.61. The summed E-state index contributed by atoms with van der Waals surface area (Å²) in [5.41, 5.74) is 0. The van der Waals surface area contributed by atoms with Crippen LogP contribution >= 0.6 is 0 Å². The lowest BCUT2D eigenvalue weighted by atomic mass is 10.5. The molecule has 0 saturated carbocycles. The van der Waals surface area contributed by atoms with Crippen LogP contribution in [-0.2, 0) is 24.1 Å². The predicted molar refractivity (Wildman–Crippen MR) is 62.3 cm³/mol. The number of nitrogens with zero attached hydrogens (tertiary/aromatic N) is 1. The van der Waals surface area contributed by atoms with Crippen LogP contribution in [0.4, 0.5) is 0 Å². The molecule has 0 heterocycles. The quantitative estimate of drug-likeness (QED) is 0.258. The van der Waals surface area contributed by atoms with Crippen molar-refractivity contribution in [1.29, 1.82) is 0 Å². The van der Waals surface area contributed by atoms with Crippen molar-refractivity contribution in [2.24, 2.45) is 0 Å². The van der Waals surface area contributed by atoms with E-state index >= 15 is 0 Å². The summed E-state index contributed by atoms with van der Waals surface area (Å²) < 4.78 is 35.3. The molecule has 0 aromatic carbocycles. The number of quaternary nitrogens is 1. The van der Waals surface area contributed by atoms with E-state index in [9.17, 15) is 13.2 Å². The summed E-state index contributed by atoms with van der Waals surface area (Å²) in [5.74, 6) is -0.370. The third-order valence-corrected chi connectivity index (χ3v) is 2.18. The molecule has 17 heavy (non-hydrogen) atoms. The van der Waals surface area contributed by atoms with Crippen molar-refractivity contribution in [3.63, 3.8) is 0 Å². The Bertz CT molecular complexity index is 343. The van der Waals surface area contributed by atoms with Crippen LogP contribution in [0.3, 0.4) is 0 Å². The molecule has 1 unspecified atom stereocenters. The van der Waals surface area contributed by atoms with E-state index in [1.807, 2.05) is 28.1 Å². The molecule has 0 spiro atoms. The molecule has 8 heteroatoms. The van der Waals surface area contributed by atoms with Gasteiger partial charge in [0.1, 0.15) is 0 Å². The van der Waals surface area contributed by atoms with Crippen molar-refractivity contribution in [2.75, 3.05) is 28.3 Å². The van der Waals surface area contributed by atoms with E-state index in [0.717, 1.165) is 7.11 Å². The zero-order chi connectivity index (χ0) is 14.3. The van der Waals surface area contributed by atoms with Crippen molar-refractivity contribution in [1.82, 2.24) is 0 Å². The Kier molecular flexibility index (Phi) is 7.99. The van der Waals surface area contributed by atoms with Crippen molar-refractivity contribution in [3.8, 4) is 0 Å². The average Bonchev–Trinajstić information content (AvgIpc) is 2.16. The van der Waals surface area contributed by atoms with Gasteiger partial charge in [0.05, 0.1) is 28.3 Å². The molecule has 0 aromatic heterocycles. The SMILES string of the molecule is C=CC(=O)OC(C)[N+](C)(C)C.COS(=O)(=O)O. The lowest BCUT2D eigenvalue weighted by Gasteiger charge is -2.29.